The molecule has 1 aromatic carbocycles. The summed E-state index contributed by atoms with van der Waals surface area (Å²) in [7, 11) is 1.24. The first kappa shape index (κ1) is 13.4. The second-order valence-corrected chi connectivity index (χ2v) is 7.89. The van der Waals surface area contributed by atoms with Crippen LogP contribution < -0.4 is 0 Å². The molecule has 0 aliphatic heterocycles. The Bertz CT molecular complexity index is 424. The Balaban J connectivity index is 3.27. The molecule has 15 heavy (non-hydrogen) atoms. The standard InChI is InChI=1S/C8H6Cl4O2S/c9-8(10,11)7(15(12,13)14)6-4-2-1-3-5-6/h1-5,7H. The predicted octanol–water partition coefficient (Wildman–Crippen LogP) is 3.67. The average Bonchev–Trinajstić information content (AvgIpc) is 2.00. The lowest BCUT2D eigenvalue weighted by atomic mass is 10.2. The molecular formula is C8H6Cl4O2S. The van der Waals surface area contributed by atoms with Crippen LogP contribution in [0.15, 0.2) is 30.3 Å². The quantitative estimate of drug-likeness (QED) is 0.617. The molecular weight excluding hydrogens is 302 g/mol. The van der Waals surface area contributed by atoms with Crippen molar-refractivity contribution in [2.24, 2.45) is 0 Å². The summed E-state index contributed by atoms with van der Waals surface area (Å²) >= 11 is 16.8. The SMILES string of the molecule is O=S(=O)(Cl)C(c1ccccc1)C(Cl)(Cl)Cl. The van der Waals surface area contributed by atoms with Gasteiger partial charge in [0, 0.05) is 10.7 Å². The summed E-state index contributed by atoms with van der Waals surface area (Å²) in [5.41, 5.74) is 0.340. The maximum Gasteiger partial charge on any atom is 0.243 e. The van der Waals surface area contributed by atoms with E-state index < -0.39 is 18.1 Å². The van der Waals surface area contributed by atoms with Crippen LogP contribution in [0.25, 0.3) is 0 Å². The van der Waals surface area contributed by atoms with Gasteiger partial charge in [-0.3, -0.25) is 0 Å². The van der Waals surface area contributed by atoms with Gasteiger partial charge in [0.05, 0.1) is 0 Å². The molecule has 0 aromatic heterocycles. The largest absolute Gasteiger partial charge is 0.243 e. The Kier molecular flexibility index (Phi) is 4.18. The van der Waals surface area contributed by atoms with Crippen molar-refractivity contribution in [2.45, 2.75) is 9.04 Å². The second-order valence-electron chi connectivity index (χ2n) is 2.81. The van der Waals surface area contributed by atoms with Gasteiger partial charge in [0.25, 0.3) is 0 Å². The van der Waals surface area contributed by atoms with Gasteiger partial charge < -0.3 is 0 Å². The first-order valence-corrected chi connectivity index (χ1v) is 7.28. The summed E-state index contributed by atoms with van der Waals surface area (Å²) < 4.78 is 20.6. The molecule has 84 valence electrons. The number of benzene rings is 1. The zero-order chi connectivity index (χ0) is 11.7. The summed E-state index contributed by atoms with van der Waals surface area (Å²) in [5, 5.41) is -1.38. The van der Waals surface area contributed by atoms with Crippen molar-refractivity contribution in [2.75, 3.05) is 0 Å². The lowest BCUT2D eigenvalue weighted by Crippen LogP contribution is -2.22. The van der Waals surface area contributed by atoms with Gasteiger partial charge in [0.1, 0.15) is 5.25 Å². The summed E-state index contributed by atoms with van der Waals surface area (Å²) in [4.78, 5) is 0. The zero-order valence-electron chi connectivity index (χ0n) is 7.20. The summed E-state index contributed by atoms with van der Waals surface area (Å²) in [6.45, 7) is 0. The minimum Gasteiger partial charge on any atom is -0.211 e. The lowest BCUT2D eigenvalue weighted by molar-refractivity contribution is 0.597. The molecule has 0 N–H and O–H groups in total. The van der Waals surface area contributed by atoms with Gasteiger partial charge >= 0.3 is 0 Å². The van der Waals surface area contributed by atoms with Crippen molar-refractivity contribution in [1.82, 2.24) is 0 Å². The van der Waals surface area contributed by atoms with Crippen LogP contribution in [-0.4, -0.2) is 12.2 Å². The van der Waals surface area contributed by atoms with E-state index in [4.69, 9.17) is 45.5 Å². The summed E-state index contributed by atoms with van der Waals surface area (Å²) in [5.74, 6) is 0. The Labute approximate surface area is 108 Å². The number of halogens is 4. The molecule has 1 atom stereocenters. The van der Waals surface area contributed by atoms with Gasteiger partial charge in [0.15, 0.2) is 0 Å². The molecule has 0 bridgehead atoms. The monoisotopic (exact) mass is 306 g/mol. The van der Waals surface area contributed by atoms with Gasteiger partial charge in [0.2, 0.25) is 12.8 Å². The Morgan fingerprint density at radius 2 is 1.53 bits per heavy atom. The molecule has 0 spiro atoms. The van der Waals surface area contributed by atoms with E-state index in [1.165, 1.54) is 12.1 Å². The van der Waals surface area contributed by atoms with Crippen molar-refractivity contribution in [1.29, 1.82) is 0 Å². The molecule has 0 heterocycles. The molecule has 0 amide bonds. The van der Waals surface area contributed by atoms with E-state index in [1.807, 2.05) is 0 Å². The van der Waals surface area contributed by atoms with E-state index in [2.05, 4.69) is 0 Å². The molecule has 0 saturated heterocycles. The third kappa shape index (κ3) is 3.68. The average molecular weight is 308 g/mol. The van der Waals surface area contributed by atoms with Crippen LogP contribution in [0.4, 0.5) is 0 Å². The number of hydrogen-bond donors (Lipinski definition) is 0. The highest BCUT2D eigenvalue weighted by atomic mass is 35.7. The van der Waals surface area contributed by atoms with Crippen LogP contribution in [0, 0.1) is 0 Å². The second kappa shape index (κ2) is 4.68. The minimum atomic E-state index is -4.00. The van der Waals surface area contributed by atoms with Crippen LogP contribution in [-0.2, 0) is 9.05 Å². The Morgan fingerprint density at radius 3 is 1.87 bits per heavy atom. The molecule has 0 radical (unpaired) electrons. The highest BCUT2D eigenvalue weighted by Crippen LogP contribution is 2.46. The van der Waals surface area contributed by atoms with E-state index in [9.17, 15) is 8.42 Å². The molecule has 7 heteroatoms. The van der Waals surface area contributed by atoms with Crippen LogP contribution in [0.3, 0.4) is 0 Å². The molecule has 2 nitrogen and oxygen atoms in total. The molecule has 0 aliphatic rings. The fourth-order valence-electron chi connectivity index (χ4n) is 1.14. The lowest BCUT2D eigenvalue weighted by Gasteiger charge is -2.21. The van der Waals surface area contributed by atoms with Gasteiger partial charge in [-0.15, -0.1) is 0 Å². The van der Waals surface area contributed by atoms with Gasteiger partial charge in [-0.05, 0) is 5.56 Å². The molecule has 1 rings (SSSR count). The smallest absolute Gasteiger partial charge is 0.211 e. The van der Waals surface area contributed by atoms with Crippen molar-refractivity contribution in [3.63, 3.8) is 0 Å². The zero-order valence-corrected chi connectivity index (χ0v) is 11.0. The molecule has 0 fully saturated rings. The highest BCUT2D eigenvalue weighted by Gasteiger charge is 2.42. The number of hydrogen-bond acceptors (Lipinski definition) is 2. The van der Waals surface area contributed by atoms with E-state index in [-0.39, 0.29) is 0 Å². The van der Waals surface area contributed by atoms with Crippen molar-refractivity contribution in [3.05, 3.63) is 35.9 Å². The fourth-order valence-corrected chi connectivity index (χ4v) is 4.49. The maximum atomic E-state index is 11.3. The Hall–Kier alpha value is 0.330. The van der Waals surface area contributed by atoms with Gasteiger partial charge in [-0.2, -0.15) is 0 Å². The summed E-state index contributed by atoms with van der Waals surface area (Å²) in [6, 6.07) is 8.07. The first-order valence-electron chi connectivity index (χ1n) is 3.78. The van der Waals surface area contributed by atoms with Crippen molar-refractivity contribution >= 4 is 54.5 Å². The van der Waals surface area contributed by atoms with Crippen LogP contribution in [0.5, 0.6) is 0 Å². The van der Waals surface area contributed by atoms with E-state index in [0.29, 0.717) is 5.56 Å². The topological polar surface area (TPSA) is 34.1 Å². The molecule has 0 saturated carbocycles. The van der Waals surface area contributed by atoms with Crippen LogP contribution >= 0.6 is 45.5 Å². The molecule has 1 aromatic rings. The summed E-state index contributed by atoms with van der Waals surface area (Å²) in [6.07, 6.45) is 0. The van der Waals surface area contributed by atoms with E-state index in [0.717, 1.165) is 0 Å². The third-order valence-corrected chi connectivity index (χ3v) is 4.45. The normalized spacial score (nSPS) is 14.9. The third-order valence-electron chi connectivity index (χ3n) is 1.68. The molecule has 0 aliphatic carbocycles. The van der Waals surface area contributed by atoms with Gasteiger partial charge in [-0.1, -0.05) is 65.1 Å². The highest BCUT2D eigenvalue weighted by molar-refractivity contribution is 8.14. The first-order chi connectivity index (χ1) is 6.73. The Morgan fingerprint density at radius 1 is 1.07 bits per heavy atom. The predicted molar refractivity (Wildman–Crippen MR) is 64.2 cm³/mol. The number of alkyl halides is 3. The maximum absolute atomic E-state index is 11.3. The van der Waals surface area contributed by atoms with Crippen molar-refractivity contribution in [3.8, 4) is 0 Å². The minimum absolute atomic E-state index is 0.340. The number of rotatable bonds is 2. The van der Waals surface area contributed by atoms with Gasteiger partial charge in [-0.25, -0.2) is 8.42 Å². The fraction of sp³-hybridized carbons (Fsp3) is 0.250. The van der Waals surface area contributed by atoms with E-state index >= 15 is 0 Å². The van der Waals surface area contributed by atoms with E-state index in [1.54, 1.807) is 18.2 Å². The van der Waals surface area contributed by atoms with Crippen molar-refractivity contribution < 1.29 is 8.42 Å². The molecule has 1 unspecified atom stereocenters. The van der Waals surface area contributed by atoms with Crippen LogP contribution in [0.2, 0.25) is 0 Å². The van der Waals surface area contributed by atoms with Crippen LogP contribution in [0.1, 0.15) is 10.8 Å².